The van der Waals surface area contributed by atoms with E-state index in [0.29, 0.717) is 6.54 Å². The van der Waals surface area contributed by atoms with Gasteiger partial charge in [0, 0.05) is 32.4 Å². The number of anilines is 1. The van der Waals surface area contributed by atoms with Crippen molar-refractivity contribution >= 4 is 17.5 Å². The van der Waals surface area contributed by atoms with Crippen LogP contribution >= 0.6 is 0 Å². The molecule has 21 heavy (non-hydrogen) atoms. The predicted molar refractivity (Wildman–Crippen MR) is 83.4 cm³/mol. The summed E-state index contributed by atoms with van der Waals surface area (Å²) < 4.78 is 0. The standard InChI is InChI=1S/C15H24N4O2/c1-16-14(20)15(21)17-10-13(19(4)5)11-6-8-12(9-7-11)18(2)3/h6-9,13H,10H2,1-5H3,(H,16,20)(H,17,21)/p+1/t13-/m1/s1. The molecule has 0 saturated heterocycles. The minimum atomic E-state index is -0.620. The maximum atomic E-state index is 11.5. The van der Waals surface area contributed by atoms with Crippen molar-refractivity contribution in [2.24, 2.45) is 0 Å². The molecule has 1 rings (SSSR count). The molecule has 0 radical (unpaired) electrons. The highest BCUT2D eigenvalue weighted by Gasteiger charge is 2.20. The monoisotopic (exact) mass is 293 g/mol. The number of nitrogens with zero attached hydrogens (tertiary/aromatic N) is 1. The van der Waals surface area contributed by atoms with Gasteiger partial charge in [0.05, 0.1) is 20.6 Å². The van der Waals surface area contributed by atoms with Crippen LogP contribution in [0.5, 0.6) is 0 Å². The number of likely N-dealkylation sites (N-methyl/N-ethyl adjacent to an activating group) is 2. The first-order chi connectivity index (χ1) is 9.86. The smallest absolute Gasteiger partial charge is 0.309 e. The van der Waals surface area contributed by atoms with Crippen molar-refractivity contribution < 1.29 is 14.5 Å². The van der Waals surface area contributed by atoms with Crippen molar-refractivity contribution in [1.29, 1.82) is 0 Å². The lowest BCUT2D eigenvalue weighted by atomic mass is 10.1. The van der Waals surface area contributed by atoms with Crippen LogP contribution < -0.4 is 20.4 Å². The molecule has 3 N–H and O–H groups in total. The molecule has 0 unspecified atom stereocenters. The number of benzene rings is 1. The summed E-state index contributed by atoms with van der Waals surface area (Å²) in [6.45, 7) is 0.413. The van der Waals surface area contributed by atoms with Gasteiger partial charge in [0.15, 0.2) is 0 Å². The fourth-order valence-electron chi connectivity index (χ4n) is 2.05. The minimum Gasteiger partial charge on any atom is -0.378 e. The van der Waals surface area contributed by atoms with Crippen LogP contribution in [-0.2, 0) is 9.59 Å². The number of amides is 2. The van der Waals surface area contributed by atoms with Gasteiger partial charge in [0.25, 0.3) is 0 Å². The van der Waals surface area contributed by atoms with E-state index in [0.717, 1.165) is 11.3 Å². The van der Waals surface area contributed by atoms with Crippen molar-refractivity contribution in [3.63, 3.8) is 0 Å². The second-order valence-electron chi connectivity index (χ2n) is 5.41. The van der Waals surface area contributed by atoms with Crippen LogP contribution in [0.4, 0.5) is 5.69 Å². The van der Waals surface area contributed by atoms with Crippen LogP contribution in [0.3, 0.4) is 0 Å². The van der Waals surface area contributed by atoms with Gasteiger partial charge in [-0.25, -0.2) is 0 Å². The molecule has 6 nitrogen and oxygen atoms in total. The number of hydrogen-bond acceptors (Lipinski definition) is 3. The molecule has 2 amide bonds. The third-order valence-corrected chi connectivity index (χ3v) is 3.41. The van der Waals surface area contributed by atoms with Gasteiger partial charge >= 0.3 is 11.8 Å². The quantitative estimate of drug-likeness (QED) is 0.598. The molecule has 0 aliphatic rings. The first kappa shape index (κ1) is 17.0. The number of nitrogens with one attached hydrogen (secondary N) is 3. The molecule has 1 aromatic carbocycles. The number of rotatable bonds is 5. The Labute approximate surface area is 126 Å². The highest BCUT2D eigenvalue weighted by molar-refractivity contribution is 6.35. The summed E-state index contributed by atoms with van der Waals surface area (Å²) in [7, 11) is 9.48. The molecule has 0 aromatic heterocycles. The van der Waals surface area contributed by atoms with Gasteiger partial charge in [-0.05, 0) is 12.1 Å². The number of carbonyl (C=O) groups is 2. The Kier molecular flexibility index (Phi) is 6.17. The van der Waals surface area contributed by atoms with Crippen LogP contribution in [0.15, 0.2) is 24.3 Å². The molecule has 0 fully saturated rings. The molecule has 0 spiro atoms. The summed E-state index contributed by atoms with van der Waals surface area (Å²) in [5.74, 6) is -1.22. The zero-order chi connectivity index (χ0) is 16.0. The Hall–Kier alpha value is -2.08. The summed E-state index contributed by atoms with van der Waals surface area (Å²) in [6.07, 6.45) is 0. The topological polar surface area (TPSA) is 65.9 Å². The van der Waals surface area contributed by atoms with Crippen molar-refractivity contribution in [1.82, 2.24) is 10.6 Å². The first-order valence-corrected chi connectivity index (χ1v) is 6.94. The van der Waals surface area contributed by atoms with Crippen LogP contribution in [0, 0.1) is 0 Å². The predicted octanol–water partition coefficient (Wildman–Crippen LogP) is -1.20. The lowest BCUT2D eigenvalue weighted by Crippen LogP contribution is -3.07. The lowest BCUT2D eigenvalue weighted by Gasteiger charge is -2.23. The average Bonchev–Trinajstić information content (AvgIpc) is 2.46. The fraction of sp³-hybridized carbons (Fsp3) is 0.467. The van der Waals surface area contributed by atoms with E-state index in [2.05, 4.69) is 22.8 Å². The van der Waals surface area contributed by atoms with E-state index in [1.165, 1.54) is 11.9 Å². The van der Waals surface area contributed by atoms with Gasteiger partial charge in [0.2, 0.25) is 0 Å². The van der Waals surface area contributed by atoms with Gasteiger partial charge < -0.3 is 20.4 Å². The zero-order valence-corrected chi connectivity index (χ0v) is 13.4. The summed E-state index contributed by atoms with van der Waals surface area (Å²) in [4.78, 5) is 26.0. The summed E-state index contributed by atoms with van der Waals surface area (Å²) >= 11 is 0. The molecule has 0 saturated carbocycles. The third-order valence-electron chi connectivity index (χ3n) is 3.41. The van der Waals surface area contributed by atoms with Crippen LogP contribution in [-0.4, -0.2) is 53.6 Å². The van der Waals surface area contributed by atoms with E-state index in [1.54, 1.807) is 0 Å². The van der Waals surface area contributed by atoms with Crippen molar-refractivity contribution in [2.45, 2.75) is 6.04 Å². The van der Waals surface area contributed by atoms with Crippen LogP contribution in [0.2, 0.25) is 0 Å². The first-order valence-electron chi connectivity index (χ1n) is 6.94. The number of hydrogen-bond donors (Lipinski definition) is 3. The Bertz CT molecular complexity index is 483. The second-order valence-corrected chi connectivity index (χ2v) is 5.41. The minimum absolute atomic E-state index is 0.0924. The normalized spacial score (nSPS) is 11.9. The molecule has 1 atom stereocenters. The Morgan fingerprint density at radius 2 is 1.71 bits per heavy atom. The van der Waals surface area contributed by atoms with E-state index < -0.39 is 11.8 Å². The highest BCUT2D eigenvalue weighted by Crippen LogP contribution is 2.15. The van der Waals surface area contributed by atoms with Gasteiger partial charge in [-0.2, -0.15) is 0 Å². The molecule has 6 heteroatoms. The number of quaternary nitrogens is 1. The molecule has 1 aromatic rings. The van der Waals surface area contributed by atoms with Gasteiger partial charge in [-0.3, -0.25) is 9.59 Å². The summed E-state index contributed by atoms with van der Waals surface area (Å²) in [5, 5.41) is 4.98. The van der Waals surface area contributed by atoms with Crippen LogP contribution in [0.1, 0.15) is 11.6 Å². The second kappa shape index (κ2) is 7.64. The Morgan fingerprint density at radius 3 is 2.14 bits per heavy atom. The third kappa shape index (κ3) is 4.75. The fourth-order valence-corrected chi connectivity index (χ4v) is 2.05. The lowest BCUT2D eigenvalue weighted by molar-refractivity contribution is -0.890. The summed E-state index contributed by atoms with van der Waals surface area (Å²) in [6, 6.07) is 8.30. The van der Waals surface area contributed by atoms with Crippen molar-refractivity contribution in [2.75, 3.05) is 46.7 Å². The van der Waals surface area contributed by atoms with Gasteiger partial charge in [-0.15, -0.1) is 0 Å². The Morgan fingerprint density at radius 1 is 1.14 bits per heavy atom. The van der Waals surface area contributed by atoms with E-state index in [-0.39, 0.29) is 6.04 Å². The van der Waals surface area contributed by atoms with Crippen LogP contribution in [0.25, 0.3) is 0 Å². The Balaban J connectivity index is 2.77. The molecule has 116 valence electrons. The maximum absolute atomic E-state index is 11.5. The van der Waals surface area contributed by atoms with E-state index >= 15 is 0 Å². The summed E-state index contributed by atoms with van der Waals surface area (Å²) in [5.41, 5.74) is 2.25. The molecule has 0 bridgehead atoms. The largest absolute Gasteiger partial charge is 0.378 e. The van der Waals surface area contributed by atoms with E-state index in [9.17, 15) is 9.59 Å². The van der Waals surface area contributed by atoms with Crippen molar-refractivity contribution in [3.05, 3.63) is 29.8 Å². The molecular formula is C15H25N4O2+. The number of carbonyl (C=O) groups excluding carboxylic acids is 2. The molecule has 0 aliphatic carbocycles. The van der Waals surface area contributed by atoms with E-state index in [1.807, 2.05) is 45.2 Å². The van der Waals surface area contributed by atoms with Crippen molar-refractivity contribution in [3.8, 4) is 0 Å². The van der Waals surface area contributed by atoms with E-state index in [4.69, 9.17) is 0 Å². The van der Waals surface area contributed by atoms with Gasteiger partial charge in [0.1, 0.15) is 6.04 Å². The molecule has 0 aliphatic heterocycles. The SMILES string of the molecule is CNC(=O)C(=O)NC[C@H](c1ccc(N(C)C)cc1)[NH+](C)C. The molecular weight excluding hydrogens is 268 g/mol. The average molecular weight is 293 g/mol. The van der Waals surface area contributed by atoms with Gasteiger partial charge in [-0.1, -0.05) is 12.1 Å². The highest BCUT2D eigenvalue weighted by atomic mass is 16.2. The maximum Gasteiger partial charge on any atom is 0.309 e. The zero-order valence-electron chi connectivity index (χ0n) is 13.4. The molecule has 0 heterocycles.